The van der Waals surface area contributed by atoms with Crippen LogP contribution >= 0.6 is 11.8 Å². The van der Waals surface area contributed by atoms with E-state index in [1.807, 2.05) is 54.1 Å². The van der Waals surface area contributed by atoms with E-state index < -0.39 is 12.2 Å². The van der Waals surface area contributed by atoms with Crippen molar-refractivity contribution in [2.45, 2.75) is 62.4 Å². The first-order valence-corrected chi connectivity index (χ1v) is 13.7. The van der Waals surface area contributed by atoms with Gasteiger partial charge in [0.15, 0.2) is 11.4 Å². The average molecular weight is 556 g/mol. The summed E-state index contributed by atoms with van der Waals surface area (Å²) >= 11 is 1.56. The lowest BCUT2D eigenvalue weighted by molar-refractivity contribution is -0.245. The van der Waals surface area contributed by atoms with Gasteiger partial charge in [-0.1, -0.05) is 48.2 Å². The summed E-state index contributed by atoms with van der Waals surface area (Å²) in [6.45, 7) is -0.0228. The summed E-state index contributed by atoms with van der Waals surface area (Å²) < 4.78 is 14.6. The SMILES string of the molecule is Cn1cnnc1SCC1CC(c2ccc(CO)cc2)OC(c2cccc(NC(=O)CCCCC(=O)NO)c2)O1. The predicted molar refractivity (Wildman–Crippen MR) is 144 cm³/mol. The van der Waals surface area contributed by atoms with Crippen LogP contribution in [0.4, 0.5) is 5.69 Å². The summed E-state index contributed by atoms with van der Waals surface area (Å²) in [5.41, 5.74) is 4.81. The highest BCUT2D eigenvalue weighted by atomic mass is 32.2. The smallest absolute Gasteiger partial charge is 0.243 e. The van der Waals surface area contributed by atoms with Gasteiger partial charge in [-0.15, -0.1) is 10.2 Å². The van der Waals surface area contributed by atoms with Gasteiger partial charge in [0, 0.05) is 43.3 Å². The van der Waals surface area contributed by atoms with E-state index in [4.69, 9.17) is 14.7 Å². The van der Waals surface area contributed by atoms with E-state index in [1.165, 1.54) is 0 Å². The Labute approximate surface area is 230 Å². The lowest BCUT2D eigenvalue weighted by Crippen LogP contribution is -2.31. The van der Waals surface area contributed by atoms with Gasteiger partial charge in [0.1, 0.15) is 6.33 Å². The number of nitrogens with one attached hydrogen (secondary N) is 2. The summed E-state index contributed by atoms with van der Waals surface area (Å²) in [5.74, 6) is 0.0240. The molecule has 39 heavy (non-hydrogen) atoms. The molecule has 1 aliphatic heterocycles. The van der Waals surface area contributed by atoms with Crippen molar-refractivity contribution in [3.8, 4) is 0 Å². The van der Waals surface area contributed by atoms with Crippen molar-refractivity contribution < 1.29 is 29.4 Å². The lowest BCUT2D eigenvalue weighted by Gasteiger charge is -2.36. The third-order valence-corrected chi connectivity index (χ3v) is 7.47. The molecule has 3 aromatic rings. The Balaban J connectivity index is 1.43. The fraction of sp³-hybridized carbons (Fsp3) is 0.407. The van der Waals surface area contributed by atoms with Crippen molar-refractivity contribution in [1.29, 1.82) is 0 Å². The molecule has 208 valence electrons. The first-order valence-electron chi connectivity index (χ1n) is 12.8. The Morgan fingerprint density at radius 3 is 2.54 bits per heavy atom. The van der Waals surface area contributed by atoms with Gasteiger partial charge in [-0.25, -0.2) is 5.48 Å². The standard InChI is InChI=1S/C27H33N5O6S/c1-32-17-28-30-27(32)39-16-22-14-23(19-11-9-18(15-33)10-12-19)38-26(37-22)20-5-4-6-21(13-20)29-24(34)7-2-3-8-25(35)31-36/h4-6,9-13,17,22-23,26,33,36H,2-3,7-8,14-16H2,1H3,(H,29,34)(H,31,35). The zero-order valence-electron chi connectivity index (χ0n) is 21.7. The number of aliphatic hydroxyl groups is 1. The molecule has 3 unspecified atom stereocenters. The second-order valence-corrected chi connectivity index (χ2v) is 10.3. The van der Waals surface area contributed by atoms with Gasteiger partial charge in [-0.05, 0) is 36.1 Å². The predicted octanol–water partition coefficient (Wildman–Crippen LogP) is 3.65. The number of anilines is 1. The number of carbonyl (C=O) groups is 2. The molecule has 1 fully saturated rings. The monoisotopic (exact) mass is 555 g/mol. The van der Waals surface area contributed by atoms with Crippen molar-refractivity contribution >= 4 is 29.3 Å². The Hall–Kier alpha value is -3.29. The number of ether oxygens (including phenoxy) is 2. The number of hydrogen-bond donors (Lipinski definition) is 4. The number of aromatic nitrogens is 3. The second-order valence-electron chi connectivity index (χ2n) is 9.30. The zero-order chi connectivity index (χ0) is 27.6. The van der Waals surface area contributed by atoms with Gasteiger partial charge in [0.2, 0.25) is 11.8 Å². The lowest BCUT2D eigenvalue weighted by atomic mass is 10.0. The minimum Gasteiger partial charge on any atom is -0.392 e. The van der Waals surface area contributed by atoms with Crippen LogP contribution < -0.4 is 10.8 Å². The number of carbonyl (C=O) groups excluding carboxylic acids is 2. The second kappa shape index (κ2) is 14.2. The third-order valence-electron chi connectivity index (χ3n) is 6.31. The number of thioether (sulfide) groups is 1. The fourth-order valence-corrected chi connectivity index (χ4v) is 5.11. The van der Waals surface area contributed by atoms with Crippen molar-refractivity contribution in [2.75, 3.05) is 11.1 Å². The fourth-order valence-electron chi connectivity index (χ4n) is 4.21. The van der Waals surface area contributed by atoms with E-state index >= 15 is 0 Å². The summed E-state index contributed by atoms with van der Waals surface area (Å²) in [4.78, 5) is 23.5. The van der Waals surface area contributed by atoms with E-state index in [1.54, 1.807) is 29.6 Å². The molecule has 2 heterocycles. The minimum atomic E-state index is -0.653. The molecule has 0 bridgehead atoms. The molecule has 1 aliphatic rings. The summed E-state index contributed by atoms with van der Waals surface area (Å²) in [7, 11) is 1.90. The number of hydroxylamine groups is 1. The Bertz CT molecular complexity index is 1240. The molecular formula is C27H33N5O6S. The number of aryl methyl sites for hydroxylation is 1. The highest BCUT2D eigenvalue weighted by Crippen LogP contribution is 2.39. The van der Waals surface area contributed by atoms with E-state index in [2.05, 4.69) is 15.5 Å². The molecule has 0 radical (unpaired) electrons. The molecule has 2 amide bonds. The van der Waals surface area contributed by atoms with Crippen LogP contribution in [-0.4, -0.2) is 48.7 Å². The van der Waals surface area contributed by atoms with Gasteiger partial charge < -0.3 is 24.5 Å². The quantitative estimate of drug-likeness (QED) is 0.114. The number of amides is 2. The molecule has 0 saturated carbocycles. The van der Waals surface area contributed by atoms with Crippen molar-refractivity contribution in [2.24, 2.45) is 7.05 Å². The van der Waals surface area contributed by atoms with Gasteiger partial charge in [0.25, 0.3) is 0 Å². The number of benzene rings is 2. The van der Waals surface area contributed by atoms with E-state index in [0.29, 0.717) is 30.7 Å². The number of nitrogens with zero attached hydrogens (tertiary/aromatic N) is 3. The molecule has 11 nitrogen and oxygen atoms in total. The minimum absolute atomic E-state index is 0.0228. The Kier molecular flexibility index (Phi) is 10.5. The van der Waals surface area contributed by atoms with Gasteiger partial charge in [-0.3, -0.25) is 14.8 Å². The molecule has 2 aromatic carbocycles. The molecular weight excluding hydrogens is 522 g/mol. The maximum atomic E-state index is 12.4. The van der Waals surface area contributed by atoms with E-state index in [0.717, 1.165) is 21.8 Å². The van der Waals surface area contributed by atoms with Crippen LogP contribution in [0, 0.1) is 0 Å². The summed E-state index contributed by atoms with van der Waals surface area (Å²) in [6, 6.07) is 15.1. The summed E-state index contributed by atoms with van der Waals surface area (Å²) in [5, 5.41) is 29.8. The molecule has 1 saturated heterocycles. The molecule has 0 spiro atoms. The number of hydrogen-bond acceptors (Lipinski definition) is 9. The van der Waals surface area contributed by atoms with Crippen LogP contribution in [0.25, 0.3) is 0 Å². The van der Waals surface area contributed by atoms with Crippen LogP contribution in [0.3, 0.4) is 0 Å². The van der Waals surface area contributed by atoms with Crippen molar-refractivity contribution in [1.82, 2.24) is 20.2 Å². The molecule has 4 N–H and O–H groups in total. The van der Waals surface area contributed by atoms with E-state index in [-0.39, 0.29) is 37.6 Å². The van der Waals surface area contributed by atoms with Crippen LogP contribution in [0.1, 0.15) is 61.2 Å². The summed E-state index contributed by atoms with van der Waals surface area (Å²) in [6.07, 6.45) is 2.73. The third kappa shape index (κ3) is 8.35. The topological polar surface area (TPSA) is 148 Å². The number of unbranched alkanes of at least 4 members (excludes halogenated alkanes) is 1. The Morgan fingerprint density at radius 1 is 1.08 bits per heavy atom. The highest BCUT2D eigenvalue weighted by Gasteiger charge is 2.32. The molecule has 1 aromatic heterocycles. The molecule has 4 rings (SSSR count). The maximum Gasteiger partial charge on any atom is 0.243 e. The van der Waals surface area contributed by atoms with Crippen LogP contribution in [-0.2, 0) is 32.7 Å². The normalized spacial score (nSPS) is 19.0. The zero-order valence-corrected chi connectivity index (χ0v) is 22.5. The molecule has 12 heteroatoms. The van der Waals surface area contributed by atoms with Gasteiger partial charge in [0.05, 0.1) is 18.8 Å². The average Bonchev–Trinajstić information content (AvgIpc) is 3.38. The van der Waals surface area contributed by atoms with Crippen molar-refractivity contribution in [3.63, 3.8) is 0 Å². The largest absolute Gasteiger partial charge is 0.392 e. The molecule has 0 aliphatic carbocycles. The number of aliphatic hydroxyl groups excluding tert-OH is 1. The van der Waals surface area contributed by atoms with Crippen LogP contribution in [0.15, 0.2) is 60.0 Å². The van der Waals surface area contributed by atoms with E-state index in [9.17, 15) is 14.7 Å². The first-order chi connectivity index (χ1) is 18.9. The van der Waals surface area contributed by atoms with Crippen molar-refractivity contribution in [3.05, 3.63) is 71.5 Å². The highest BCUT2D eigenvalue weighted by molar-refractivity contribution is 7.99. The van der Waals surface area contributed by atoms with Crippen LogP contribution in [0.5, 0.6) is 0 Å². The maximum absolute atomic E-state index is 12.4. The number of rotatable bonds is 12. The molecule has 3 atom stereocenters. The van der Waals surface area contributed by atoms with Crippen LogP contribution in [0.2, 0.25) is 0 Å². The van der Waals surface area contributed by atoms with Gasteiger partial charge in [-0.2, -0.15) is 0 Å². The Morgan fingerprint density at radius 2 is 1.85 bits per heavy atom. The first kappa shape index (κ1) is 28.7. The van der Waals surface area contributed by atoms with Gasteiger partial charge >= 0.3 is 0 Å².